The van der Waals surface area contributed by atoms with Crippen molar-refractivity contribution in [1.82, 2.24) is 25.2 Å². The van der Waals surface area contributed by atoms with E-state index in [1.54, 1.807) is 9.58 Å². The van der Waals surface area contributed by atoms with E-state index in [-0.39, 0.29) is 30.8 Å². The zero-order valence-corrected chi connectivity index (χ0v) is 20.1. The molecule has 1 aromatic heterocycles. The first-order valence-corrected chi connectivity index (χ1v) is 12.2. The second-order valence-corrected chi connectivity index (χ2v) is 11.0. The van der Waals surface area contributed by atoms with Gasteiger partial charge >= 0.3 is 0 Å². The van der Waals surface area contributed by atoms with Crippen molar-refractivity contribution in [3.8, 4) is 0 Å². The highest BCUT2D eigenvalue weighted by atomic mass is 16.3. The van der Waals surface area contributed by atoms with Gasteiger partial charge in [0.15, 0.2) is 0 Å². The number of rotatable bonds is 6. The van der Waals surface area contributed by atoms with Gasteiger partial charge in [-0.15, -0.1) is 5.10 Å². The maximum Gasteiger partial charge on any atom is 0.248 e. The standard InChI is InChI=1S/C25H34N6O3/c1-25(2,3)22(31-15-20(27-28-31)16-9-10-16)24(34)30-14-19(32)11-21(30)23(33)26-17-12-29(13-17)18-7-5-4-6-8-18/h4-8,15-17,19,21-22,32H,9-14H2,1-3H3,(H,26,33). The summed E-state index contributed by atoms with van der Waals surface area (Å²) in [5.74, 6) is 0.0398. The number of carbonyl (C=O) groups excluding carboxylic acids is 2. The maximum absolute atomic E-state index is 13.8. The van der Waals surface area contributed by atoms with Gasteiger partial charge < -0.3 is 20.2 Å². The Bertz CT molecular complexity index is 1040. The number of amides is 2. The number of para-hydroxylation sites is 1. The Morgan fingerprint density at radius 3 is 2.47 bits per heavy atom. The summed E-state index contributed by atoms with van der Waals surface area (Å²) >= 11 is 0. The number of anilines is 1. The molecule has 3 fully saturated rings. The first-order chi connectivity index (χ1) is 16.2. The molecular weight excluding hydrogens is 432 g/mol. The van der Waals surface area contributed by atoms with Crippen molar-refractivity contribution in [1.29, 1.82) is 0 Å². The quantitative estimate of drug-likeness (QED) is 0.672. The third kappa shape index (κ3) is 4.53. The number of aliphatic hydroxyl groups excluding tert-OH is 1. The van der Waals surface area contributed by atoms with Crippen molar-refractivity contribution in [3.63, 3.8) is 0 Å². The summed E-state index contributed by atoms with van der Waals surface area (Å²) in [6, 6.07) is 8.82. The number of carbonyl (C=O) groups is 2. The molecule has 2 aromatic rings. The highest BCUT2D eigenvalue weighted by Crippen LogP contribution is 2.40. The van der Waals surface area contributed by atoms with Crippen molar-refractivity contribution < 1.29 is 14.7 Å². The van der Waals surface area contributed by atoms with E-state index >= 15 is 0 Å². The molecule has 0 bridgehead atoms. The van der Waals surface area contributed by atoms with Gasteiger partial charge in [0.05, 0.1) is 17.8 Å². The molecule has 0 radical (unpaired) electrons. The third-order valence-electron chi connectivity index (χ3n) is 7.06. The van der Waals surface area contributed by atoms with Crippen molar-refractivity contribution in [2.24, 2.45) is 5.41 Å². The van der Waals surface area contributed by atoms with Crippen LogP contribution in [0, 0.1) is 5.41 Å². The van der Waals surface area contributed by atoms with Crippen LogP contribution in [-0.4, -0.2) is 74.6 Å². The number of hydrogen-bond acceptors (Lipinski definition) is 6. The molecule has 1 aromatic carbocycles. The monoisotopic (exact) mass is 466 g/mol. The number of likely N-dealkylation sites (tertiary alicyclic amines) is 1. The summed E-state index contributed by atoms with van der Waals surface area (Å²) < 4.78 is 1.65. The molecule has 1 saturated carbocycles. The summed E-state index contributed by atoms with van der Waals surface area (Å²) in [4.78, 5) is 30.7. The minimum Gasteiger partial charge on any atom is -0.391 e. The molecule has 3 heterocycles. The van der Waals surface area contributed by atoms with Gasteiger partial charge in [-0.25, -0.2) is 4.68 Å². The van der Waals surface area contributed by atoms with Gasteiger partial charge in [0, 0.05) is 43.9 Å². The maximum atomic E-state index is 13.8. The van der Waals surface area contributed by atoms with Gasteiger partial charge in [-0.2, -0.15) is 0 Å². The van der Waals surface area contributed by atoms with Crippen molar-refractivity contribution in [3.05, 3.63) is 42.2 Å². The molecule has 3 atom stereocenters. The normalized spacial score (nSPS) is 24.1. The second kappa shape index (κ2) is 8.69. The van der Waals surface area contributed by atoms with Crippen LogP contribution in [0.2, 0.25) is 0 Å². The SMILES string of the molecule is CC(C)(C)C(C(=O)N1CC(O)CC1C(=O)NC1CN(c2ccccc2)C1)n1cc(C2CC2)nn1. The lowest BCUT2D eigenvalue weighted by Crippen LogP contribution is -2.62. The molecule has 2 saturated heterocycles. The number of β-amino-alcohol motifs (C(OH)–C–C–N with tert-alkyl or cyclic N) is 1. The molecule has 182 valence electrons. The smallest absolute Gasteiger partial charge is 0.248 e. The van der Waals surface area contributed by atoms with Crippen LogP contribution in [0.15, 0.2) is 36.5 Å². The van der Waals surface area contributed by atoms with E-state index in [0.717, 1.165) is 37.3 Å². The molecule has 0 spiro atoms. The van der Waals surface area contributed by atoms with Crippen LogP contribution in [0.1, 0.15) is 57.7 Å². The van der Waals surface area contributed by atoms with E-state index in [2.05, 4.69) is 32.7 Å². The van der Waals surface area contributed by atoms with Crippen molar-refractivity contribution in [2.45, 2.75) is 70.2 Å². The number of benzene rings is 1. The molecule has 2 N–H and O–H groups in total. The van der Waals surface area contributed by atoms with E-state index < -0.39 is 23.6 Å². The van der Waals surface area contributed by atoms with Crippen LogP contribution in [0.4, 0.5) is 5.69 Å². The van der Waals surface area contributed by atoms with E-state index in [0.29, 0.717) is 5.92 Å². The summed E-state index contributed by atoms with van der Waals surface area (Å²) in [5, 5.41) is 22.0. The Hall–Kier alpha value is -2.94. The average molecular weight is 467 g/mol. The van der Waals surface area contributed by atoms with Gasteiger partial charge in [-0.1, -0.05) is 44.2 Å². The number of nitrogens with zero attached hydrogens (tertiary/aromatic N) is 5. The lowest BCUT2D eigenvalue weighted by Gasteiger charge is -2.42. The van der Waals surface area contributed by atoms with Gasteiger partial charge in [0.2, 0.25) is 11.8 Å². The minimum atomic E-state index is -0.722. The fourth-order valence-electron chi connectivity index (χ4n) is 5.04. The molecule has 34 heavy (non-hydrogen) atoms. The van der Waals surface area contributed by atoms with Crippen LogP contribution in [0.3, 0.4) is 0 Å². The first kappa shape index (κ1) is 22.8. The largest absolute Gasteiger partial charge is 0.391 e. The predicted molar refractivity (Wildman–Crippen MR) is 127 cm³/mol. The fraction of sp³-hybridized carbons (Fsp3) is 0.600. The second-order valence-electron chi connectivity index (χ2n) is 11.0. The van der Waals surface area contributed by atoms with Crippen LogP contribution < -0.4 is 10.2 Å². The fourth-order valence-corrected chi connectivity index (χ4v) is 5.04. The number of aliphatic hydroxyl groups is 1. The molecule has 2 aliphatic heterocycles. The number of hydrogen-bond donors (Lipinski definition) is 2. The topological polar surface area (TPSA) is 104 Å². The van der Waals surface area contributed by atoms with E-state index in [1.165, 1.54) is 0 Å². The Balaban J connectivity index is 1.27. The van der Waals surface area contributed by atoms with Crippen LogP contribution in [0.25, 0.3) is 0 Å². The van der Waals surface area contributed by atoms with Crippen LogP contribution >= 0.6 is 0 Å². The molecular formula is C25H34N6O3. The Kier molecular flexibility index (Phi) is 5.83. The average Bonchev–Trinajstić information content (AvgIpc) is 3.37. The Morgan fingerprint density at radius 2 is 1.82 bits per heavy atom. The highest BCUT2D eigenvalue weighted by molar-refractivity contribution is 5.90. The molecule has 1 aliphatic carbocycles. The lowest BCUT2D eigenvalue weighted by molar-refractivity contribution is -0.144. The van der Waals surface area contributed by atoms with Gasteiger partial charge in [0.1, 0.15) is 12.1 Å². The van der Waals surface area contributed by atoms with E-state index in [1.807, 2.05) is 45.2 Å². The van der Waals surface area contributed by atoms with Gasteiger partial charge in [-0.3, -0.25) is 9.59 Å². The molecule has 2 amide bonds. The number of nitrogens with one attached hydrogen (secondary N) is 1. The Labute approximate surface area is 200 Å². The number of aromatic nitrogens is 3. The van der Waals surface area contributed by atoms with Gasteiger partial charge in [0.25, 0.3) is 0 Å². The molecule has 9 nitrogen and oxygen atoms in total. The lowest BCUT2D eigenvalue weighted by atomic mass is 9.85. The van der Waals surface area contributed by atoms with Crippen LogP contribution in [0.5, 0.6) is 0 Å². The van der Waals surface area contributed by atoms with E-state index in [4.69, 9.17) is 0 Å². The first-order valence-electron chi connectivity index (χ1n) is 12.2. The summed E-state index contributed by atoms with van der Waals surface area (Å²) in [6.45, 7) is 7.57. The molecule has 5 rings (SSSR count). The van der Waals surface area contributed by atoms with Gasteiger partial charge in [-0.05, 0) is 30.4 Å². The summed E-state index contributed by atoms with van der Waals surface area (Å²) in [5.41, 5.74) is 1.61. The van der Waals surface area contributed by atoms with Crippen LogP contribution in [-0.2, 0) is 9.59 Å². The summed E-state index contributed by atoms with van der Waals surface area (Å²) in [6.07, 6.45) is 3.61. The minimum absolute atomic E-state index is 0.0252. The zero-order valence-electron chi connectivity index (χ0n) is 20.1. The third-order valence-corrected chi connectivity index (χ3v) is 7.06. The summed E-state index contributed by atoms with van der Waals surface area (Å²) in [7, 11) is 0. The van der Waals surface area contributed by atoms with E-state index in [9.17, 15) is 14.7 Å². The Morgan fingerprint density at radius 1 is 1.12 bits per heavy atom. The zero-order chi connectivity index (χ0) is 24.0. The molecule has 3 unspecified atom stereocenters. The van der Waals surface area contributed by atoms with Crippen molar-refractivity contribution >= 4 is 17.5 Å². The molecule has 9 heteroatoms. The predicted octanol–water partition coefficient (Wildman–Crippen LogP) is 1.71. The highest BCUT2D eigenvalue weighted by Gasteiger charge is 2.46. The van der Waals surface area contributed by atoms with Crippen molar-refractivity contribution in [2.75, 3.05) is 24.5 Å². The molecule has 3 aliphatic rings.